The molecule has 3 nitrogen and oxygen atoms in total. The monoisotopic (exact) mass is 705 g/mol. The zero-order valence-electron chi connectivity index (χ0n) is 30.5. The summed E-state index contributed by atoms with van der Waals surface area (Å²) in [7, 11) is 0. The maximum absolute atomic E-state index is 6.81. The van der Waals surface area contributed by atoms with Gasteiger partial charge in [-0.2, -0.15) is 0 Å². The predicted molar refractivity (Wildman–Crippen MR) is 223 cm³/mol. The third-order valence-corrected chi connectivity index (χ3v) is 12.5. The predicted octanol–water partition coefficient (Wildman–Crippen LogP) is 13.8. The van der Waals surface area contributed by atoms with Crippen molar-refractivity contribution in [3.05, 3.63) is 209 Å². The van der Waals surface area contributed by atoms with Crippen LogP contribution < -0.4 is 9.64 Å². The van der Waals surface area contributed by atoms with Crippen LogP contribution >= 0.6 is 0 Å². The minimum absolute atomic E-state index is 0.103. The first kappa shape index (κ1) is 30.6. The molecule has 2 aliphatic carbocycles. The fourth-order valence-corrected chi connectivity index (χ4v) is 10.1. The molecule has 12 rings (SSSR count). The molecule has 1 aliphatic heterocycles. The number of nitrogens with zero attached hydrogens (tertiary/aromatic N) is 1. The van der Waals surface area contributed by atoms with Crippen LogP contribution in [-0.2, 0) is 10.8 Å². The van der Waals surface area contributed by atoms with Crippen molar-refractivity contribution >= 4 is 39.0 Å². The van der Waals surface area contributed by atoms with Gasteiger partial charge in [-0.1, -0.05) is 123 Å². The van der Waals surface area contributed by atoms with Crippen LogP contribution in [0.4, 0.5) is 17.1 Å². The van der Waals surface area contributed by atoms with Crippen molar-refractivity contribution in [1.29, 1.82) is 0 Å². The normalized spacial score (nSPS) is 14.8. The summed E-state index contributed by atoms with van der Waals surface area (Å²) in [6.07, 6.45) is 0. The third kappa shape index (κ3) is 4.00. The lowest BCUT2D eigenvalue weighted by atomic mass is 9.66. The SMILES string of the molecule is CC1(C)c2ccccc2-c2ccc(N(c3ccccc3)c3ccc4oc5cc6c(cc5c4c3)-c3ccccc3C63c4ccccc4Oc4ccccc43)cc21. The van der Waals surface area contributed by atoms with Crippen LogP contribution in [0.25, 0.3) is 44.2 Å². The maximum atomic E-state index is 6.81. The minimum atomic E-state index is -0.541. The topological polar surface area (TPSA) is 25.6 Å². The zero-order valence-corrected chi connectivity index (χ0v) is 30.5. The van der Waals surface area contributed by atoms with E-state index in [2.05, 4.69) is 195 Å². The molecule has 0 saturated heterocycles. The average molecular weight is 706 g/mol. The molecule has 0 fully saturated rings. The van der Waals surface area contributed by atoms with E-state index in [0.29, 0.717) is 0 Å². The fourth-order valence-electron chi connectivity index (χ4n) is 10.1. The molecule has 0 radical (unpaired) electrons. The Morgan fingerprint density at radius 2 is 0.945 bits per heavy atom. The van der Waals surface area contributed by atoms with E-state index in [9.17, 15) is 0 Å². The van der Waals surface area contributed by atoms with E-state index < -0.39 is 5.41 Å². The molecule has 3 aliphatic rings. The Balaban J connectivity index is 1.08. The van der Waals surface area contributed by atoms with E-state index in [1.807, 2.05) is 0 Å². The molecule has 0 saturated carbocycles. The van der Waals surface area contributed by atoms with Crippen molar-refractivity contribution in [2.75, 3.05) is 4.90 Å². The summed E-state index contributed by atoms with van der Waals surface area (Å²) < 4.78 is 13.4. The quantitative estimate of drug-likeness (QED) is 0.183. The highest BCUT2D eigenvalue weighted by Crippen LogP contribution is 2.63. The summed E-state index contributed by atoms with van der Waals surface area (Å²) in [5.74, 6) is 1.77. The fraction of sp³-hybridized carbons (Fsp3) is 0.0769. The van der Waals surface area contributed by atoms with Crippen molar-refractivity contribution in [2.24, 2.45) is 0 Å². The Kier molecular flexibility index (Phi) is 6.05. The second-order valence-electron chi connectivity index (χ2n) is 15.6. The summed E-state index contributed by atoms with van der Waals surface area (Å²) in [6.45, 7) is 4.69. The maximum Gasteiger partial charge on any atom is 0.135 e. The van der Waals surface area contributed by atoms with Gasteiger partial charge in [-0.3, -0.25) is 0 Å². The molecule has 0 bridgehead atoms. The van der Waals surface area contributed by atoms with E-state index in [-0.39, 0.29) is 5.41 Å². The molecule has 0 unspecified atom stereocenters. The summed E-state index contributed by atoms with van der Waals surface area (Å²) in [5.41, 5.74) is 17.0. The lowest BCUT2D eigenvalue weighted by molar-refractivity contribution is 0.436. The highest BCUT2D eigenvalue weighted by molar-refractivity contribution is 6.10. The number of ether oxygens (including phenoxy) is 1. The molecule has 0 N–H and O–H groups in total. The summed E-state index contributed by atoms with van der Waals surface area (Å²) in [6, 6.07) is 63.7. The molecule has 2 heterocycles. The van der Waals surface area contributed by atoms with Gasteiger partial charge in [0, 0.05) is 44.4 Å². The number of rotatable bonds is 3. The van der Waals surface area contributed by atoms with Crippen LogP contribution in [0.5, 0.6) is 11.5 Å². The minimum Gasteiger partial charge on any atom is -0.457 e. The number of para-hydroxylation sites is 3. The number of fused-ring (bicyclic) bond motifs is 15. The third-order valence-electron chi connectivity index (χ3n) is 12.5. The van der Waals surface area contributed by atoms with Crippen LogP contribution in [0.3, 0.4) is 0 Å². The Hall–Kier alpha value is -6.84. The Morgan fingerprint density at radius 3 is 1.69 bits per heavy atom. The highest BCUT2D eigenvalue weighted by atomic mass is 16.5. The first-order valence-corrected chi connectivity index (χ1v) is 19.1. The van der Waals surface area contributed by atoms with Gasteiger partial charge in [-0.25, -0.2) is 0 Å². The van der Waals surface area contributed by atoms with E-state index in [4.69, 9.17) is 9.15 Å². The molecule has 0 atom stereocenters. The van der Waals surface area contributed by atoms with Gasteiger partial charge < -0.3 is 14.1 Å². The zero-order chi connectivity index (χ0) is 36.5. The second kappa shape index (κ2) is 10.9. The van der Waals surface area contributed by atoms with Crippen LogP contribution in [0.1, 0.15) is 47.2 Å². The van der Waals surface area contributed by atoms with Gasteiger partial charge in [0.1, 0.15) is 22.7 Å². The van der Waals surface area contributed by atoms with Crippen LogP contribution in [0.2, 0.25) is 0 Å². The second-order valence-corrected chi connectivity index (χ2v) is 15.6. The molecular formula is C52H35NO2. The lowest BCUT2D eigenvalue weighted by Gasteiger charge is -2.39. The molecule has 3 heteroatoms. The average Bonchev–Trinajstić information content (AvgIpc) is 3.81. The standard InChI is InChI=1S/C52H35NO2/c1-51(2)41-18-8-6-16-35(41)37-26-24-34(29-45(37)51)53(32-14-4-3-5-15-32)33-25-27-47-39(28-33)40-30-38-36-17-7-9-19-42(36)52(46(38)31-50(40)54-47)43-20-10-12-22-48(43)55-49-23-13-11-21-44(49)52/h3-31H,1-2H3. The Morgan fingerprint density at radius 1 is 0.382 bits per heavy atom. The van der Waals surface area contributed by atoms with Gasteiger partial charge in [0.25, 0.3) is 0 Å². The highest BCUT2D eigenvalue weighted by Gasteiger charge is 2.51. The van der Waals surface area contributed by atoms with Gasteiger partial charge in [0.2, 0.25) is 0 Å². The lowest BCUT2D eigenvalue weighted by Crippen LogP contribution is -2.32. The Labute approximate surface area is 319 Å². The van der Waals surface area contributed by atoms with Gasteiger partial charge in [-0.15, -0.1) is 0 Å². The molecule has 8 aromatic carbocycles. The summed E-state index contributed by atoms with van der Waals surface area (Å²) in [5, 5.41) is 2.20. The largest absolute Gasteiger partial charge is 0.457 e. The number of benzene rings is 8. The van der Waals surface area contributed by atoms with Crippen LogP contribution in [0.15, 0.2) is 180 Å². The van der Waals surface area contributed by atoms with Crippen LogP contribution in [-0.4, -0.2) is 0 Å². The van der Waals surface area contributed by atoms with Crippen LogP contribution in [0, 0.1) is 0 Å². The molecular weight excluding hydrogens is 671 g/mol. The number of hydrogen-bond donors (Lipinski definition) is 0. The molecule has 0 amide bonds. The van der Waals surface area contributed by atoms with Gasteiger partial charge >= 0.3 is 0 Å². The van der Waals surface area contributed by atoms with Gasteiger partial charge in [0.05, 0.1) is 5.41 Å². The first-order valence-electron chi connectivity index (χ1n) is 19.1. The van der Waals surface area contributed by atoms with Crippen molar-refractivity contribution in [1.82, 2.24) is 0 Å². The molecule has 9 aromatic rings. The van der Waals surface area contributed by atoms with Crippen molar-refractivity contribution in [3.63, 3.8) is 0 Å². The molecule has 1 aromatic heterocycles. The van der Waals surface area contributed by atoms with Crippen molar-refractivity contribution in [3.8, 4) is 33.8 Å². The molecule has 55 heavy (non-hydrogen) atoms. The molecule has 1 spiro atoms. The Bertz CT molecular complexity index is 3010. The number of anilines is 3. The molecule has 260 valence electrons. The van der Waals surface area contributed by atoms with Crippen molar-refractivity contribution < 1.29 is 9.15 Å². The summed E-state index contributed by atoms with van der Waals surface area (Å²) in [4.78, 5) is 2.38. The van der Waals surface area contributed by atoms with Crippen molar-refractivity contribution in [2.45, 2.75) is 24.7 Å². The van der Waals surface area contributed by atoms with E-state index in [0.717, 1.165) is 61.6 Å². The summed E-state index contributed by atoms with van der Waals surface area (Å²) >= 11 is 0. The number of furan rings is 1. The van der Waals surface area contributed by atoms with E-state index in [1.54, 1.807) is 0 Å². The van der Waals surface area contributed by atoms with Gasteiger partial charge in [-0.05, 0) is 111 Å². The van der Waals surface area contributed by atoms with Gasteiger partial charge in [0.15, 0.2) is 0 Å². The van der Waals surface area contributed by atoms with E-state index >= 15 is 0 Å². The smallest absolute Gasteiger partial charge is 0.135 e. The first-order chi connectivity index (χ1) is 27.0. The number of hydrogen-bond acceptors (Lipinski definition) is 3. The van der Waals surface area contributed by atoms with E-state index in [1.165, 1.54) is 44.5 Å².